The fraction of sp³-hybridized carbons (Fsp3) is 0.368. The van der Waals surface area contributed by atoms with Crippen LogP contribution >= 0.6 is 0 Å². The van der Waals surface area contributed by atoms with Crippen molar-refractivity contribution in [3.63, 3.8) is 0 Å². The second-order valence-corrected chi connectivity index (χ2v) is 8.19. The Bertz CT molecular complexity index is 752. The molecule has 0 aliphatic heterocycles. The predicted octanol–water partition coefficient (Wildman–Crippen LogP) is 1.21. The lowest BCUT2D eigenvalue weighted by molar-refractivity contribution is 0.114. The van der Waals surface area contributed by atoms with Gasteiger partial charge in [0.15, 0.2) is 0 Å². The number of hydrogen-bond donors (Lipinski definition) is 3. The number of sulfonamides is 1. The molecule has 0 saturated heterocycles. The van der Waals surface area contributed by atoms with E-state index in [2.05, 4.69) is 5.32 Å². The molecule has 6 nitrogen and oxygen atoms in total. The van der Waals surface area contributed by atoms with E-state index in [1.807, 2.05) is 30.3 Å². The van der Waals surface area contributed by atoms with Gasteiger partial charge in [-0.05, 0) is 24.6 Å². The largest absolute Gasteiger partial charge is 0.392 e. The summed E-state index contributed by atoms with van der Waals surface area (Å²) >= 11 is 0. The number of nitrogens with zero attached hydrogens (tertiary/aromatic N) is 1. The van der Waals surface area contributed by atoms with Crippen LogP contribution in [-0.4, -0.2) is 54.8 Å². The van der Waals surface area contributed by atoms with Crippen molar-refractivity contribution in [2.24, 2.45) is 0 Å². The molecule has 3 N–H and O–H groups in total. The Morgan fingerprint density at radius 1 is 0.962 bits per heavy atom. The van der Waals surface area contributed by atoms with Crippen LogP contribution in [0.1, 0.15) is 12.5 Å². The van der Waals surface area contributed by atoms with Crippen molar-refractivity contribution in [3.8, 4) is 0 Å². The zero-order chi connectivity index (χ0) is 19.0. The molecule has 0 heterocycles. The topological polar surface area (TPSA) is 89.9 Å². The van der Waals surface area contributed by atoms with Crippen molar-refractivity contribution in [2.45, 2.75) is 30.6 Å². The summed E-state index contributed by atoms with van der Waals surface area (Å²) in [6.07, 6.45) is -1.73. The van der Waals surface area contributed by atoms with E-state index in [-0.39, 0.29) is 24.5 Å². The molecular formula is C19H26N2O4S. The third-order valence-corrected chi connectivity index (χ3v) is 5.66. The Hall–Kier alpha value is -1.77. The van der Waals surface area contributed by atoms with Gasteiger partial charge in [0, 0.05) is 26.2 Å². The molecule has 0 bridgehead atoms. The van der Waals surface area contributed by atoms with Crippen molar-refractivity contribution in [2.75, 3.05) is 19.6 Å². The third kappa shape index (κ3) is 6.19. The fourth-order valence-electron chi connectivity index (χ4n) is 2.59. The van der Waals surface area contributed by atoms with E-state index in [0.29, 0.717) is 6.54 Å². The van der Waals surface area contributed by atoms with Crippen LogP contribution in [0.25, 0.3) is 0 Å². The van der Waals surface area contributed by atoms with E-state index in [9.17, 15) is 18.6 Å². The molecule has 0 spiro atoms. The average Bonchev–Trinajstić information content (AvgIpc) is 2.62. The number of hydrogen-bond acceptors (Lipinski definition) is 5. The highest BCUT2D eigenvalue weighted by atomic mass is 32.2. The minimum Gasteiger partial charge on any atom is -0.392 e. The van der Waals surface area contributed by atoms with Gasteiger partial charge in [0.2, 0.25) is 10.0 Å². The molecule has 0 aliphatic rings. The van der Waals surface area contributed by atoms with Gasteiger partial charge in [-0.1, -0.05) is 48.5 Å². The number of aliphatic hydroxyl groups excluding tert-OH is 2. The van der Waals surface area contributed by atoms with Gasteiger partial charge < -0.3 is 15.5 Å². The summed E-state index contributed by atoms with van der Waals surface area (Å²) in [5, 5.41) is 23.1. The molecule has 142 valence electrons. The summed E-state index contributed by atoms with van der Waals surface area (Å²) in [6, 6.07) is 17.8. The summed E-state index contributed by atoms with van der Waals surface area (Å²) in [7, 11) is -3.78. The van der Waals surface area contributed by atoms with Crippen LogP contribution < -0.4 is 5.32 Å². The van der Waals surface area contributed by atoms with E-state index in [1.165, 1.54) is 19.1 Å². The van der Waals surface area contributed by atoms with Crippen LogP contribution in [0.4, 0.5) is 0 Å². The van der Waals surface area contributed by atoms with Crippen LogP contribution in [0.2, 0.25) is 0 Å². The monoisotopic (exact) mass is 378 g/mol. The molecule has 2 atom stereocenters. The highest BCUT2D eigenvalue weighted by molar-refractivity contribution is 7.89. The van der Waals surface area contributed by atoms with Crippen LogP contribution in [-0.2, 0) is 16.6 Å². The van der Waals surface area contributed by atoms with E-state index >= 15 is 0 Å². The van der Waals surface area contributed by atoms with Crippen LogP contribution in [0.15, 0.2) is 65.6 Å². The molecule has 0 radical (unpaired) electrons. The highest BCUT2D eigenvalue weighted by Crippen LogP contribution is 2.16. The summed E-state index contributed by atoms with van der Waals surface area (Å²) in [6.45, 7) is 2.18. The summed E-state index contributed by atoms with van der Waals surface area (Å²) < 4.78 is 26.7. The maximum Gasteiger partial charge on any atom is 0.243 e. The molecule has 0 aliphatic carbocycles. The van der Waals surface area contributed by atoms with Crippen molar-refractivity contribution in [3.05, 3.63) is 66.2 Å². The zero-order valence-electron chi connectivity index (χ0n) is 14.8. The molecule has 2 aromatic carbocycles. The lowest BCUT2D eigenvalue weighted by Crippen LogP contribution is -2.44. The average molecular weight is 378 g/mol. The van der Waals surface area contributed by atoms with Crippen molar-refractivity contribution >= 4 is 10.0 Å². The first-order chi connectivity index (χ1) is 12.4. The molecule has 2 unspecified atom stereocenters. The van der Waals surface area contributed by atoms with Crippen molar-refractivity contribution in [1.82, 2.24) is 9.62 Å². The zero-order valence-corrected chi connectivity index (χ0v) is 15.6. The van der Waals surface area contributed by atoms with Gasteiger partial charge in [0.25, 0.3) is 0 Å². The van der Waals surface area contributed by atoms with Gasteiger partial charge in [0.05, 0.1) is 17.1 Å². The van der Waals surface area contributed by atoms with Gasteiger partial charge in [-0.3, -0.25) is 0 Å². The lowest BCUT2D eigenvalue weighted by Gasteiger charge is -2.26. The normalized spacial score (nSPS) is 14.3. The molecule has 0 fully saturated rings. The highest BCUT2D eigenvalue weighted by Gasteiger charge is 2.27. The summed E-state index contributed by atoms with van der Waals surface area (Å²) in [5.74, 6) is 0. The molecular weight excluding hydrogens is 352 g/mol. The molecule has 2 aromatic rings. The Morgan fingerprint density at radius 2 is 1.54 bits per heavy atom. The second-order valence-electron chi connectivity index (χ2n) is 6.25. The van der Waals surface area contributed by atoms with Crippen LogP contribution in [0, 0.1) is 0 Å². The number of benzene rings is 2. The van der Waals surface area contributed by atoms with Gasteiger partial charge in [-0.2, -0.15) is 4.31 Å². The molecule has 26 heavy (non-hydrogen) atoms. The van der Waals surface area contributed by atoms with Crippen LogP contribution in [0.3, 0.4) is 0 Å². The van der Waals surface area contributed by atoms with E-state index in [0.717, 1.165) is 9.87 Å². The Balaban J connectivity index is 1.98. The van der Waals surface area contributed by atoms with Crippen molar-refractivity contribution in [1.29, 1.82) is 0 Å². The quantitative estimate of drug-likeness (QED) is 0.578. The lowest BCUT2D eigenvalue weighted by atomic mass is 10.2. The molecule has 7 heteroatoms. The molecule has 0 aromatic heterocycles. The van der Waals surface area contributed by atoms with Gasteiger partial charge in [0.1, 0.15) is 0 Å². The molecule has 2 rings (SSSR count). The second kappa shape index (κ2) is 9.80. The van der Waals surface area contributed by atoms with Gasteiger partial charge in [-0.15, -0.1) is 0 Å². The van der Waals surface area contributed by atoms with Gasteiger partial charge >= 0.3 is 0 Å². The first-order valence-corrected chi connectivity index (χ1v) is 9.99. The van der Waals surface area contributed by atoms with E-state index in [4.69, 9.17) is 0 Å². The van der Waals surface area contributed by atoms with E-state index < -0.39 is 22.2 Å². The molecule has 0 saturated carbocycles. The minimum atomic E-state index is -3.78. The van der Waals surface area contributed by atoms with E-state index in [1.54, 1.807) is 18.2 Å². The van der Waals surface area contributed by atoms with Gasteiger partial charge in [-0.25, -0.2) is 8.42 Å². The smallest absolute Gasteiger partial charge is 0.243 e. The predicted molar refractivity (Wildman–Crippen MR) is 101 cm³/mol. The Kier molecular flexibility index (Phi) is 7.74. The maximum absolute atomic E-state index is 12.8. The fourth-order valence-corrected chi connectivity index (χ4v) is 4.17. The standard InChI is InChI=1S/C19H26N2O4S/c1-16(22)14-21(26(24,25)19-10-6-3-7-11-19)15-18(23)13-20-12-17-8-4-2-5-9-17/h2-11,16,18,20,22-23H,12-15H2,1H3. The van der Waals surface area contributed by atoms with Crippen molar-refractivity contribution < 1.29 is 18.6 Å². The summed E-state index contributed by atoms with van der Waals surface area (Å²) in [5.41, 5.74) is 1.08. The number of aliphatic hydroxyl groups is 2. The Labute approximate surface area is 155 Å². The molecule has 0 amide bonds. The first-order valence-electron chi connectivity index (χ1n) is 8.55. The number of nitrogens with one attached hydrogen (secondary N) is 1. The summed E-state index contributed by atoms with van der Waals surface area (Å²) in [4.78, 5) is 0.144. The Morgan fingerprint density at radius 3 is 2.12 bits per heavy atom. The number of rotatable bonds is 10. The third-order valence-electron chi connectivity index (χ3n) is 3.82. The SMILES string of the molecule is CC(O)CN(CC(O)CNCc1ccccc1)S(=O)(=O)c1ccccc1. The van der Waals surface area contributed by atoms with Crippen LogP contribution in [0.5, 0.6) is 0 Å². The maximum atomic E-state index is 12.8. The first kappa shape index (κ1) is 20.5. The minimum absolute atomic E-state index is 0.0764.